The molecule has 146 valence electrons. The Labute approximate surface area is 160 Å². The molecule has 0 radical (unpaired) electrons. The number of rotatable bonds is 3. The fourth-order valence-corrected chi connectivity index (χ4v) is 3.85. The van der Waals surface area contributed by atoms with Gasteiger partial charge in [-0.3, -0.25) is 9.59 Å². The fraction of sp³-hybridized carbons (Fsp3) is 0.550. The zero-order valence-electron chi connectivity index (χ0n) is 16.1. The number of hydrogen-bond acceptors (Lipinski definition) is 3. The summed E-state index contributed by atoms with van der Waals surface area (Å²) in [5, 5.41) is 2.88. The van der Waals surface area contributed by atoms with Crippen LogP contribution in [0.25, 0.3) is 0 Å². The molecule has 0 bridgehead atoms. The van der Waals surface area contributed by atoms with Gasteiger partial charge >= 0.3 is 6.03 Å². The van der Waals surface area contributed by atoms with Crippen molar-refractivity contribution in [3.8, 4) is 0 Å². The number of carbonyl (C=O) groups is 3. The van der Waals surface area contributed by atoms with E-state index in [1.54, 1.807) is 28.8 Å². The third-order valence-electron chi connectivity index (χ3n) is 5.38. The molecule has 1 N–H and O–H groups in total. The van der Waals surface area contributed by atoms with Crippen molar-refractivity contribution in [2.24, 2.45) is 5.92 Å². The Hall–Kier alpha value is -2.57. The normalized spacial score (nSPS) is 21.0. The largest absolute Gasteiger partial charge is 0.353 e. The zero-order valence-corrected chi connectivity index (χ0v) is 16.1. The monoisotopic (exact) mass is 372 g/mol. The molecule has 27 heavy (non-hydrogen) atoms. The number of carbonyl (C=O) groups excluding carboxylic acids is 3. The van der Waals surface area contributed by atoms with Crippen LogP contribution in [0.5, 0.6) is 0 Å². The molecule has 1 aromatic carbocycles. The number of piperidine rings is 1. The molecule has 0 aromatic heterocycles. The van der Waals surface area contributed by atoms with Crippen molar-refractivity contribution < 1.29 is 14.4 Å². The summed E-state index contributed by atoms with van der Waals surface area (Å²) in [6, 6.07) is 9.32. The molecule has 3 rings (SSSR count). The minimum atomic E-state index is -0.463. The number of nitrogens with one attached hydrogen (secondary N) is 1. The molecule has 1 aromatic rings. The lowest BCUT2D eigenvalue weighted by Gasteiger charge is -2.39. The molecule has 0 unspecified atom stereocenters. The quantitative estimate of drug-likeness (QED) is 0.859. The van der Waals surface area contributed by atoms with Gasteiger partial charge in [0.05, 0.1) is 0 Å². The third kappa shape index (κ3) is 4.40. The van der Waals surface area contributed by atoms with Gasteiger partial charge in [0.25, 0.3) is 0 Å². The van der Waals surface area contributed by atoms with Crippen molar-refractivity contribution in [3.63, 3.8) is 0 Å². The van der Waals surface area contributed by atoms with Crippen LogP contribution < -0.4 is 5.32 Å². The van der Waals surface area contributed by atoms with Gasteiger partial charge in [-0.2, -0.15) is 0 Å². The Morgan fingerprint density at radius 3 is 2.41 bits per heavy atom. The molecule has 4 amide bonds. The lowest BCUT2D eigenvalue weighted by Crippen LogP contribution is -2.59. The summed E-state index contributed by atoms with van der Waals surface area (Å²) in [5.41, 5.74) is 1.05. The minimum Gasteiger partial charge on any atom is -0.353 e. The fourth-order valence-electron chi connectivity index (χ4n) is 3.85. The first-order valence-corrected chi connectivity index (χ1v) is 9.55. The summed E-state index contributed by atoms with van der Waals surface area (Å²) < 4.78 is 0. The molecular weight excluding hydrogens is 344 g/mol. The van der Waals surface area contributed by atoms with E-state index in [9.17, 15) is 14.4 Å². The van der Waals surface area contributed by atoms with Gasteiger partial charge in [-0.15, -0.1) is 0 Å². The number of hydrogen-bond donors (Lipinski definition) is 1. The maximum Gasteiger partial charge on any atom is 0.319 e. The summed E-state index contributed by atoms with van der Waals surface area (Å²) in [6.07, 6.45) is 1.82. The third-order valence-corrected chi connectivity index (χ3v) is 5.38. The highest BCUT2D eigenvalue weighted by Gasteiger charge is 2.37. The van der Waals surface area contributed by atoms with Gasteiger partial charge < -0.3 is 20.0 Å². The summed E-state index contributed by atoms with van der Waals surface area (Å²) >= 11 is 0. The van der Waals surface area contributed by atoms with E-state index in [1.165, 1.54) is 0 Å². The molecule has 0 aliphatic carbocycles. The molecule has 2 aliphatic heterocycles. The lowest BCUT2D eigenvalue weighted by molar-refractivity contribution is -0.147. The van der Waals surface area contributed by atoms with Crippen LogP contribution >= 0.6 is 0 Å². The van der Waals surface area contributed by atoms with E-state index >= 15 is 0 Å². The molecule has 2 saturated heterocycles. The lowest BCUT2D eigenvalue weighted by atomic mass is 9.93. The van der Waals surface area contributed by atoms with E-state index < -0.39 is 6.04 Å². The van der Waals surface area contributed by atoms with E-state index in [0.29, 0.717) is 45.4 Å². The topological polar surface area (TPSA) is 73.0 Å². The molecule has 7 heteroatoms. The second-order valence-electron chi connectivity index (χ2n) is 7.47. The maximum absolute atomic E-state index is 13.1. The molecular formula is C20H28N4O3. The van der Waals surface area contributed by atoms with E-state index in [1.807, 2.05) is 30.3 Å². The number of likely N-dealkylation sites (tertiary alicyclic amines) is 1. The van der Waals surface area contributed by atoms with Gasteiger partial charge in [0.1, 0.15) is 6.04 Å². The molecule has 7 nitrogen and oxygen atoms in total. The highest BCUT2D eigenvalue weighted by atomic mass is 16.2. The van der Waals surface area contributed by atoms with Crippen LogP contribution in [0.4, 0.5) is 4.79 Å². The van der Waals surface area contributed by atoms with Crippen LogP contribution in [0.15, 0.2) is 30.3 Å². The number of benzene rings is 1. The second-order valence-corrected chi connectivity index (χ2v) is 7.47. The zero-order chi connectivity index (χ0) is 19.4. The molecule has 2 fully saturated rings. The van der Waals surface area contributed by atoms with Crippen LogP contribution in [0, 0.1) is 5.92 Å². The van der Waals surface area contributed by atoms with Gasteiger partial charge in [-0.05, 0) is 18.4 Å². The first-order valence-electron chi connectivity index (χ1n) is 9.55. The smallest absolute Gasteiger partial charge is 0.319 e. The van der Waals surface area contributed by atoms with Crippen molar-refractivity contribution in [3.05, 3.63) is 35.9 Å². The Bertz CT molecular complexity index is 684. The van der Waals surface area contributed by atoms with E-state index in [-0.39, 0.29) is 23.8 Å². The van der Waals surface area contributed by atoms with Gasteiger partial charge in [-0.25, -0.2) is 4.79 Å². The highest BCUT2D eigenvalue weighted by Crippen LogP contribution is 2.23. The molecule has 0 saturated carbocycles. The van der Waals surface area contributed by atoms with Crippen molar-refractivity contribution >= 4 is 17.8 Å². The Kier molecular flexibility index (Phi) is 5.98. The molecule has 2 heterocycles. The standard InChI is InChI=1S/C20H28N4O3/c1-22(2)20(27)23-11-8-16(9-12-23)19(26)24-13-10-21-18(25)17(24)14-15-6-4-3-5-7-15/h3-7,16-17H,8-14H2,1-2H3,(H,21,25)/t17-/m0/s1. The van der Waals surface area contributed by atoms with Gasteiger partial charge in [0.2, 0.25) is 11.8 Å². The average molecular weight is 372 g/mol. The van der Waals surface area contributed by atoms with Crippen LogP contribution in [-0.2, 0) is 16.0 Å². The van der Waals surface area contributed by atoms with Crippen LogP contribution in [0.2, 0.25) is 0 Å². The molecule has 0 spiro atoms. The first kappa shape index (κ1) is 19.2. The molecule has 1 atom stereocenters. The van der Waals surface area contributed by atoms with E-state index in [2.05, 4.69) is 5.32 Å². The predicted molar refractivity (Wildman–Crippen MR) is 102 cm³/mol. The maximum atomic E-state index is 13.1. The van der Waals surface area contributed by atoms with E-state index in [0.717, 1.165) is 5.56 Å². The Morgan fingerprint density at radius 1 is 1.11 bits per heavy atom. The second kappa shape index (κ2) is 8.41. The SMILES string of the molecule is CN(C)C(=O)N1CCC(C(=O)N2CCNC(=O)[C@@H]2Cc2ccccc2)CC1. The van der Waals surface area contributed by atoms with Crippen LogP contribution in [-0.4, -0.2) is 78.9 Å². The van der Waals surface area contributed by atoms with Crippen LogP contribution in [0.1, 0.15) is 18.4 Å². The molecule has 2 aliphatic rings. The Balaban J connectivity index is 1.65. The summed E-state index contributed by atoms with van der Waals surface area (Å²) in [6.45, 7) is 2.19. The van der Waals surface area contributed by atoms with Crippen LogP contribution in [0.3, 0.4) is 0 Å². The van der Waals surface area contributed by atoms with Crippen molar-refractivity contribution in [2.75, 3.05) is 40.3 Å². The summed E-state index contributed by atoms with van der Waals surface area (Å²) in [5.74, 6) is -0.165. The summed E-state index contributed by atoms with van der Waals surface area (Å²) in [4.78, 5) is 42.8. The average Bonchev–Trinajstić information content (AvgIpc) is 2.69. The van der Waals surface area contributed by atoms with Crippen molar-refractivity contribution in [1.82, 2.24) is 20.0 Å². The number of piperazine rings is 1. The minimum absolute atomic E-state index is 0.0137. The van der Waals surface area contributed by atoms with Crippen molar-refractivity contribution in [1.29, 1.82) is 0 Å². The van der Waals surface area contributed by atoms with Gasteiger partial charge in [0, 0.05) is 52.6 Å². The van der Waals surface area contributed by atoms with Gasteiger partial charge in [0.15, 0.2) is 0 Å². The Morgan fingerprint density at radius 2 is 1.78 bits per heavy atom. The number of nitrogens with zero attached hydrogens (tertiary/aromatic N) is 3. The predicted octanol–water partition coefficient (Wildman–Crippen LogP) is 0.950. The highest BCUT2D eigenvalue weighted by molar-refractivity contribution is 5.90. The number of urea groups is 1. The number of amides is 4. The van der Waals surface area contributed by atoms with Gasteiger partial charge in [-0.1, -0.05) is 30.3 Å². The summed E-state index contributed by atoms with van der Waals surface area (Å²) in [7, 11) is 3.47. The van der Waals surface area contributed by atoms with E-state index in [4.69, 9.17) is 0 Å². The van der Waals surface area contributed by atoms with Crippen molar-refractivity contribution in [2.45, 2.75) is 25.3 Å². The first-order chi connectivity index (χ1) is 13.0.